The summed E-state index contributed by atoms with van der Waals surface area (Å²) in [6, 6.07) is 5.68. The van der Waals surface area contributed by atoms with Gasteiger partial charge in [-0.1, -0.05) is 12.1 Å². The number of esters is 2. The van der Waals surface area contributed by atoms with E-state index in [0.717, 1.165) is 0 Å². The van der Waals surface area contributed by atoms with Crippen molar-refractivity contribution in [3.63, 3.8) is 0 Å². The van der Waals surface area contributed by atoms with E-state index in [1.54, 1.807) is 26.8 Å². The molecule has 0 bridgehead atoms. The summed E-state index contributed by atoms with van der Waals surface area (Å²) in [6.45, 7) is 5.41. The molecule has 0 spiro atoms. The van der Waals surface area contributed by atoms with Crippen LogP contribution in [0.3, 0.4) is 0 Å². The number of aryl methyl sites for hydroxylation is 1. The van der Waals surface area contributed by atoms with Crippen molar-refractivity contribution in [3.05, 3.63) is 47.0 Å². The normalized spacial score (nSPS) is 10.4. The lowest BCUT2D eigenvalue weighted by Gasteiger charge is -2.08. The molecule has 2 aromatic rings. The summed E-state index contributed by atoms with van der Waals surface area (Å²) in [4.78, 5) is 27.3. The fourth-order valence-electron chi connectivity index (χ4n) is 2.37. The standard InChI is InChI=1S/C17H18FNO4/c1-4-22-16(20)13-10(3)19-15(17(21)23-5-2)14(13)11-7-6-8-12(18)9-11/h6-9,19H,4-5H2,1-3H3. The molecule has 0 aliphatic heterocycles. The summed E-state index contributed by atoms with van der Waals surface area (Å²) < 4.78 is 23.6. The second-order valence-electron chi connectivity index (χ2n) is 4.83. The number of carbonyl (C=O) groups excluding carboxylic acids is 2. The zero-order chi connectivity index (χ0) is 17.0. The van der Waals surface area contributed by atoms with E-state index in [1.165, 1.54) is 18.2 Å². The highest BCUT2D eigenvalue weighted by Gasteiger charge is 2.27. The van der Waals surface area contributed by atoms with Crippen LogP contribution < -0.4 is 0 Å². The van der Waals surface area contributed by atoms with E-state index in [-0.39, 0.29) is 24.5 Å². The smallest absolute Gasteiger partial charge is 0.355 e. The van der Waals surface area contributed by atoms with Crippen molar-refractivity contribution >= 4 is 11.9 Å². The van der Waals surface area contributed by atoms with Gasteiger partial charge in [0.25, 0.3) is 0 Å². The molecule has 0 amide bonds. The lowest BCUT2D eigenvalue weighted by Crippen LogP contribution is -2.09. The molecule has 0 saturated heterocycles. The van der Waals surface area contributed by atoms with Gasteiger partial charge in [-0.05, 0) is 38.5 Å². The minimum atomic E-state index is -0.606. The fourth-order valence-corrected chi connectivity index (χ4v) is 2.37. The Morgan fingerprint density at radius 1 is 1.13 bits per heavy atom. The molecule has 0 radical (unpaired) electrons. The molecule has 1 aromatic carbocycles. The molecule has 5 nitrogen and oxygen atoms in total. The van der Waals surface area contributed by atoms with Gasteiger partial charge in [-0.25, -0.2) is 14.0 Å². The van der Waals surface area contributed by atoms with E-state index in [2.05, 4.69) is 4.98 Å². The third-order valence-corrected chi connectivity index (χ3v) is 3.26. The first-order valence-electron chi connectivity index (χ1n) is 7.32. The zero-order valence-electron chi connectivity index (χ0n) is 13.2. The maximum Gasteiger partial charge on any atom is 0.355 e. The summed E-state index contributed by atoms with van der Waals surface area (Å²) in [5, 5.41) is 0. The van der Waals surface area contributed by atoms with E-state index in [0.29, 0.717) is 16.8 Å². The number of aromatic nitrogens is 1. The van der Waals surface area contributed by atoms with Crippen molar-refractivity contribution in [2.45, 2.75) is 20.8 Å². The van der Waals surface area contributed by atoms with Crippen molar-refractivity contribution in [1.29, 1.82) is 0 Å². The van der Waals surface area contributed by atoms with Gasteiger partial charge in [0.2, 0.25) is 0 Å². The second-order valence-corrected chi connectivity index (χ2v) is 4.83. The number of nitrogens with one attached hydrogen (secondary N) is 1. The number of carbonyl (C=O) groups is 2. The molecule has 0 fully saturated rings. The van der Waals surface area contributed by atoms with Crippen molar-refractivity contribution in [2.24, 2.45) is 0 Å². The minimum Gasteiger partial charge on any atom is -0.462 e. The molecule has 0 aliphatic carbocycles. The Balaban J connectivity index is 2.67. The van der Waals surface area contributed by atoms with Crippen molar-refractivity contribution < 1.29 is 23.5 Å². The number of rotatable bonds is 5. The monoisotopic (exact) mass is 319 g/mol. The minimum absolute atomic E-state index is 0.109. The summed E-state index contributed by atoms with van der Waals surface area (Å²) in [5.74, 6) is -1.65. The first kappa shape index (κ1) is 16.7. The lowest BCUT2D eigenvalue weighted by atomic mass is 10.00. The Bertz CT molecular complexity index is 736. The van der Waals surface area contributed by atoms with E-state index in [4.69, 9.17) is 9.47 Å². The largest absolute Gasteiger partial charge is 0.462 e. The summed E-state index contributed by atoms with van der Waals surface area (Å²) in [6.07, 6.45) is 0. The number of aromatic amines is 1. The van der Waals surface area contributed by atoms with Crippen molar-refractivity contribution in [1.82, 2.24) is 4.98 Å². The third-order valence-electron chi connectivity index (χ3n) is 3.26. The molecule has 6 heteroatoms. The average molecular weight is 319 g/mol. The van der Waals surface area contributed by atoms with Crippen molar-refractivity contribution in [2.75, 3.05) is 13.2 Å². The molecule has 0 unspecified atom stereocenters. The predicted octanol–water partition coefficient (Wildman–Crippen LogP) is 3.48. The highest BCUT2D eigenvalue weighted by atomic mass is 19.1. The summed E-state index contributed by atoms with van der Waals surface area (Å²) in [5.41, 5.74) is 1.48. The number of H-pyrrole nitrogens is 1. The van der Waals surface area contributed by atoms with E-state index in [9.17, 15) is 14.0 Å². The predicted molar refractivity (Wildman–Crippen MR) is 82.8 cm³/mol. The molecule has 0 aliphatic rings. The Morgan fingerprint density at radius 2 is 1.78 bits per heavy atom. The summed E-state index contributed by atoms with van der Waals surface area (Å²) in [7, 11) is 0. The molecule has 122 valence electrons. The van der Waals surface area contributed by atoms with Crippen LogP contribution >= 0.6 is 0 Å². The molecule has 1 heterocycles. The van der Waals surface area contributed by atoms with Crippen LogP contribution in [0.1, 0.15) is 40.4 Å². The molecule has 1 aromatic heterocycles. The second kappa shape index (κ2) is 7.09. The summed E-state index contributed by atoms with van der Waals surface area (Å²) >= 11 is 0. The average Bonchev–Trinajstić information content (AvgIpc) is 2.85. The third kappa shape index (κ3) is 3.41. The highest BCUT2D eigenvalue weighted by molar-refractivity contribution is 6.06. The Kier molecular flexibility index (Phi) is 5.16. The molecule has 0 atom stereocenters. The van der Waals surface area contributed by atoms with Gasteiger partial charge in [-0.3, -0.25) is 0 Å². The Hall–Kier alpha value is -2.63. The van der Waals surface area contributed by atoms with E-state index in [1.807, 2.05) is 0 Å². The van der Waals surface area contributed by atoms with Crippen LogP contribution in [-0.2, 0) is 9.47 Å². The topological polar surface area (TPSA) is 68.4 Å². The van der Waals surface area contributed by atoms with Gasteiger partial charge in [-0.2, -0.15) is 0 Å². The number of hydrogen-bond donors (Lipinski definition) is 1. The van der Waals surface area contributed by atoms with Gasteiger partial charge in [0, 0.05) is 11.3 Å². The Labute approximate surface area is 133 Å². The van der Waals surface area contributed by atoms with Crippen molar-refractivity contribution in [3.8, 4) is 11.1 Å². The van der Waals surface area contributed by atoms with Gasteiger partial charge in [0.05, 0.1) is 18.8 Å². The van der Waals surface area contributed by atoms with Crippen LogP contribution in [0.25, 0.3) is 11.1 Å². The van der Waals surface area contributed by atoms with Crippen LogP contribution in [0.4, 0.5) is 4.39 Å². The molecule has 23 heavy (non-hydrogen) atoms. The van der Waals surface area contributed by atoms with Crippen LogP contribution in [0.5, 0.6) is 0 Å². The fraction of sp³-hybridized carbons (Fsp3) is 0.294. The number of benzene rings is 1. The van der Waals surface area contributed by atoms with Crippen LogP contribution in [0.2, 0.25) is 0 Å². The van der Waals surface area contributed by atoms with E-state index >= 15 is 0 Å². The van der Waals surface area contributed by atoms with Gasteiger partial charge in [0.1, 0.15) is 11.5 Å². The number of hydrogen-bond acceptors (Lipinski definition) is 4. The number of halogens is 1. The highest BCUT2D eigenvalue weighted by Crippen LogP contribution is 2.32. The van der Waals surface area contributed by atoms with Gasteiger partial charge < -0.3 is 14.5 Å². The van der Waals surface area contributed by atoms with Crippen LogP contribution in [-0.4, -0.2) is 30.1 Å². The van der Waals surface area contributed by atoms with Crippen LogP contribution in [0, 0.1) is 12.7 Å². The maximum atomic E-state index is 13.6. The number of ether oxygens (including phenoxy) is 2. The quantitative estimate of drug-likeness (QED) is 0.857. The van der Waals surface area contributed by atoms with Gasteiger partial charge in [0.15, 0.2) is 0 Å². The first-order valence-corrected chi connectivity index (χ1v) is 7.32. The molecule has 0 saturated carbocycles. The van der Waals surface area contributed by atoms with Gasteiger partial charge >= 0.3 is 11.9 Å². The molecular weight excluding hydrogens is 301 g/mol. The van der Waals surface area contributed by atoms with E-state index < -0.39 is 17.8 Å². The SMILES string of the molecule is CCOC(=O)c1[nH]c(C)c(C(=O)OCC)c1-c1cccc(F)c1. The maximum absolute atomic E-state index is 13.6. The van der Waals surface area contributed by atoms with Crippen LogP contribution in [0.15, 0.2) is 24.3 Å². The Morgan fingerprint density at radius 3 is 2.39 bits per heavy atom. The molecule has 2 rings (SSSR count). The first-order chi connectivity index (χ1) is 11.0. The zero-order valence-corrected chi connectivity index (χ0v) is 13.2. The molecular formula is C17H18FNO4. The van der Waals surface area contributed by atoms with Gasteiger partial charge in [-0.15, -0.1) is 0 Å². The molecule has 1 N–H and O–H groups in total. The lowest BCUT2D eigenvalue weighted by molar-refractivity contribution is 0.0518.